The fourth-order valence-corrected chi connectivity index (χ4v) is 3.28. The minimum atomic E-state index is -0.249. The van der Waals surface area contributed by atoms with E-state index in [-0.39, 0.29) is 35.7 Å². The Balaban J connectivity index is 0.00000300. The molecule has 1 heterocycles. The Morgan fingerprint density at radius 1 is 1.00 bits per heavy atom. The predicted molar refractivity (Wildman–Crippen MR) is 125 cm³/mol. The van der Waals surface area contributed by atoms with Gasteiger partial charge in [-0.25, -0.2) is 4.39 Å². The molecule has 2 N–H and O–H groups in total. The summed E-state index contributed by atoms with van der Waals surface area (Å²) in [5.74, 6) is 0.506. The lowest BCUT2D eigenvalue weighted by atomic mass is 10.1. The second-order valence-corrected chi connectivity index (χ2v) is 6.96. The van der Waals surface area contributed by atoms with Crippen molar-refractivity contribution in [1.82, 2.24) is 15.5 Å². The first-order chi connectivity index (χ1) is 13.7. The van der Waals surface area contributed by atoms with Crippen molar-refractivity contribution in [3.63, 3.8) is 0 Å². The smallest absolute Gasteiger partial charge is 0.253 e. The number of nitrogens with one attached hydrogen (secondary N) is 2. The summed E-state index contributed by atoms with van der Waals surface area (Å²) in [6, 6.07) is 14.2. The number of benzene rings is 2. The molecule has 1 aliphatic rings. The molecule has 1 amide bonds. The summed E-state index contributed by atoms with van der Waals surface area (Å²) in [5.41, 5.74) is 2.65. The first-order valence-corrected chi connectivity index (χ1v) is 9.73. The zero-order valence-corrected chi connectivity index (χ0v) is 19.0. The van der Waals surface area contributed by atoms with Gasteiger partial charge in [-0.2, -0.15) is 0 Å². The van der Waals surface area contributed by atoms with Gasteiger partial charge < -0.3 is 15.5 Å². The molecule has 29 heavy (non-hydrogen) atoms. The number of nitrogens with zero attached hydrogens (tertiary/aromatic N) is 2. The number of rotatable bonds is 5. The van der Waals surface area contributed by atoms with Crippen LogP contribution in [-0.2, 0) is 13.1 Å². The number of likely N-dealkylation sites (tertiary alicyclic amines) is 1. The number of guanidine groups is 1. The molecular weight excluding hydrogens is 482 g/mol. The molecule has 2 aromatic carbocycles. The van der Waals surface area contributed by atoms with Gasteiger partial charge in [-0.05, 0) is 54.7 Å². The van der Waals surface area contributed by atoms with Crippen molar-refractivity contribution in [2.45, 2.75) is 32.4 Å². The molecule has 0 bridgehead atoms. The summed E-state index contributed by atoms with van der Waals surface area (Å²) in [5, 5.41) is 6.40. The lowest BCUT2D eigenvalue weighted by Gasteiger charge is -2.26. The predicted octanol–water partition coefficient (Wildman–Crippen LogP) is 3.94. The largest absolute Gasteiger partial charge is 0.352 e. The molecule has 3 rings (SSSR count). The van der Waals surface area contributed by atoms with E-state index in [1.54, 1.807) is 13.1 Å². The maximum absolute atomic E-state index is 13.3. The molecule has 0 aliphatic carbocycles. The number of carbonyl (C=O) groups excluding carboxylic acids is 1. The van der Waals surface area contributed by atoms with Gasteiger partial charge in [0.2, 0.25) is 0 Å². The summed E-state index contributed by atoms with van der Waals surface area (Å²) in [6.45, 7) is 2.78. The highest BCUT2D eigenvalue weighted by Crippen LogP contribution is 2.14. The second kappa shape index (κ2) is 11.7. The first kappa shape index (κ1) is 23.1. The van der Waals surface area contributed by atoms with Crippen LogP contribution in [0.1, 0.15) is 40.7 Å². The topological polar surface area (TPSA) is 56.7 Å². The maximum Gasteiger partial charge on any atom is 0.253 e. The Labute approximate surface area is 188 Å². The van der Waals surface area contributed by atoms with Crippen LogP contribution in [0.15, 0.2) is 53.5 Å². The zero-order valence-electron chi connectivity index (χ0n) is 16.7. The Kier molecular flexibility index (Phi) is 9.37. The van der Waals surface area contributed by atoms with Crippen molar-refractivity contribution in [1.29, 1.82) is 0 Å². The van der Waals surface area contributed by atoms with Gasteiger partial charge in [0.15, 0.2) is 5.96 Å². The van der Waals surface area contributed by atoms with Crippen molar-refractivity contribution in [2.75, 3.05) is 20.1 Å². The Morgan fingerprint density at radius 3 is 2.28 bits per heavy atom. The molecule has 0 atom stereocenters. The highest BCUT2D eigenvalue weighted by atomic mass is 127. The molecule has 156 valence electrons. The van der Waals surface area contributed by atoms with Crippen LogP contribution in [0.25, 0.3) is 0 Å². The summed E-state index contributed by atoms with van der Waals surface area (Å²) in [4.78, 5) is 18.6. The molecular formula is C22H28FIN4O. The standard InChI is InChI=1S/C22H27FN4O.HI/c1-24-22(26-16-18-6-5-7-20(23)14-18)25-15-17-8-10-19(11-9-17)21(28)27-12-3-2-4-13-27;/h5-11,14H,2-4,12-13,15-16H2,1H3,(H2,24,25,26);1H. The number of hydrogen-bond donors (Lipinski definition) is 2. The number of halogens is 2. The Hall–Kier alpha value is -2.16. The molecule has 0 unspecified atom stereocenters. The molecule has 0 aromatic heterocycles. The van der Waals surface area contributed by atoms with E-state index >= 15 is 0 Å². The molecule has 7 heteroatoms. The highest BCUT2D eigenvalue weighted by molar-refractivity contribution is 14.0. The van der Waals surface area contributed by atoms with Crippen LogP contribution in [0.5, 0.6) is 0 Å². The van der Waals surface area contributed by atoms with Gasteiger partial charge in [0.25, 0.3) is 5.91 Å². The van der Waals surface area contributed by atoms with Crippen molar-refractivity contribution in [3.05, 3.63) is 71.0 Å². The molecule has 0 radical (unpaired) electrons. The summed E-state index contributed by atoms with van der Waals surface area (Å²) < 4.78 is 13.3. The average Bonchev–Trinajstić information content (AvgIpc) is 2.74. The van der Waals surface area contributed by atoms with Crippen LogP contribution in [0.3, 0.4) is 0 Å². The van der Waals surface area contributed by atoms with Crippen LogP contribution < -0.4 is 10.6 Å². The van der Waals surface area contributed by atoms with Gasteiger partial charge >= 0.3 is 0 Å². The van der Waals surface area contributed by atoms with Crippen molar-refractivity contribution >= 4 is 35.8 Å². The maximum atomic E-state index is 13.3. The van der Waals surface area contributed by atoms with E-state index in [0.717, 1.165) is 42.6 Å². The van der Waals surface area contributed by atoms with Gasteiger partial charge in [0, 0.05) is 38.8 Å². The molecule has 1 aliphatic heterocycles. The lowest BCUT2D eigenvalue weighted by Crippen LogP contribution is -2.36. The van der Waals surface area contributed by atoms with Crippen molar-refractivity contribution in [3.8, 4) is 0 Å². The molecule has 5 nitrogen and oxygen atoms in total. The number of piperidine rings is 1. The van der Waals surface area contributed by atoms with Gasteiger partial charge in [-0.15, -0.1) is 24.0 Å². The van der Waals surface area contributed by atoms with Gasteiger partial charge in [-0.3, -0.25) is 9.79 Å². The number of aliphatic imine (C=N–C) groups is 1. The SMILES string of the molecule is CN=C(NCc1ccc(C(=O)N2CCCCC2)cc1)NCc1cccc(F)c1.I. The number of hydrogen-bond acceptors (Lipinski definition) is 2. The number of amides is 1. The normalized spacial score (nSPS) is 14.1. The fraction of sp³-hybridized carbons (Fsp3) is 0.364. The third kappa shape index (κ3) is 6.99. The quantitative estimate of drug-likeness (QED) is 0.364. The highest BCUT2D eigenvalue weighted by Gasteiger charge is 2.17. The van der Waals surface area contributed by atoms with Gasteiger partial charge in [0.05, 0.1) is 0 Å². The van der Waals surface area contributed by atoms with E-state index in [2.05, 4.69) is 15.6 Å². The van der Waals surface area contributed by atoms with Crippen LogP contribution >= 0.6 is 24.0 Å². The van der Waals surface area contributed by atoms with Crippen LogP contribution in [0, 0.1) is 5.82 Å². The van der Waals surface area contributed by atoms with Gasteiger partial charge in [-0.1, -0.05) is 24.3 Å². The van der Waals surface area contributed by atoms with E-state index in [4.69, 9.17) is 0 Å². The van der Waals surface area contributed by atoms with Gasteiger partial charge in [0.1, 0.15) is 5.82 Å². The average molecular weight is 510 g/mol. The Bertz CT molecular complexity index is 820. The van der Waals surface area contributed by atoms with E-state index < -0.39 is 0 Å². The summed E-state index contributed by atoms with van der Waals surface area (Å²) >= 11 is 0. The third-order valence-corrected chi connectivity index (χ3v) is 4.88. The second-order valence-electron chi connectivity index (χ2n) is 6.96. The van der Waals surface area contributed by atoms with Crippen molar-refractivity contribution in [2.24, 2.45) is 4.99 Å². The van der Waals surface area contributed by atoms with E-state index in [0.29, 0.717) is 19.0 Å². The van der Waals surface area contributed by atoms with Crippen molar-refractivity contribution < 1.29 is 9.18 Å². The first-order valence-electron chi connectivity index (χ1n) is 9.73. The minimum absolute atomic E-state index is 0. The monoisotopic (exact) mass is 510 g/mol. The summed E-state index contributed by atoms with van der Waals surface area (Å²) in [6.07, 6.45) is 3.40. The number of carbonyl (C=O) groups is 1. The van der Waals surface area contributed by atoms with E-state index in [1.807, 2.05) is 35.2 Å². The molecule has 1 saturated heterocycles. The van der Waals surface area contributed by atoms with E-state index in [1.165, 1.54) is 18.6 Å². The fourth-order valence-electron chi connectivity index (χ4n) is 3.28. The zero-order chi connectivity index (χ0) is 19.8. The molecule has 2 aromatic rings. The summed E-state index contributed by atoms with van der Waals surface area (Å²) in [7, 11) is 1.70. The molecule has 1 fully saturated rings. The van der Waals surface area contributed by atoms with Crippen LogP contribution in [0.4, 0.5) is 4.39 Å². The van der Waals surface area contributed by atoms with E-state index in [9.17, 15) is 9.18 Å². The molecule has 0 spiro atoms. The van der Waals surface area contributed by atoms with Crippen LogP contribution in [0.2, 0.25) is 0 Å². The Morgan fingerprint density at radius 2 is 1.66 bits per heavy atom. The molecule has 0 saturated carbocycles. The third-order valence-electron chi connectivity index (χ3n) is 4.88. The van der Waals surface area contributed by atoms with Crippen LogP contribution in [-0.4, -0.2) is 36.9 Å². The lowest BCUT2D eigenvalue weighted by molar-refractivity contribution is 0.0724. The minimum Gasteiger partial charge on any atom is -0.352 e.